The van der Waals surface area contributed by atoms with Crippen molar-refractivity contribution in [3.8, 4) is 5.75 Å². The van der Waals surface area contributed by atoms with E-state index in [1.54, 1.807) is 7.11 Å². The Morgan fingerprint density at radius 3 is 2.94 bits per heavy atom. The van der Waals surface area contributed by atoms with E-state index in [4.69, 9.17) is 4.74 Å². The number of hydrogen-bond donors (Lipinski definition) is 1. The average molecular weight is 221 g/mol. The van der Waals surface area contributed by atoms with Gasteiger partial charge in [0, 0.05) is 6.42 Å². The van der Waals surface area contributed by atoms with Gasteiger partial charge in [-0.3, -0.25) is 4.79 Å². The maximum Gasteiger partial charge on any atom is 0.150 e. The molecule has 1 N–H and O–H groups in total. The van der Waals surface area contributed by atoms with Gasteiger partial charge in [0.1, 0.15) is 5.75 Å². The van der Waals surface area contributed by atoms with Crippen molar-refractivity contribution in [2.45, 2.75) is 19.8 Å². The number of ketones is 1. The van der Waals surface area contributed by atoms with Gasteiger partial charge in [0.15, 0.2) is 5.78 Å². The van der Waals surface area contributed by atoms with Crippen molar-refractivity contribution in [3.05, 3.63) is 29.8 Å². The van der Waals surface area contributed by atoms with Crippen LogP contribution in [0.3, 0.4) is 0 Å². The number of carbonyl (C=O) groups excluding carboxylic acids is 1. The van der Waals surface area contributed by atoms with Crippen molar-refractivity contribution in [1.29, 1.82) is 0 Å². The number of hydrogen-bond acceptors (Lipinski definition) is 3. The monoisotopic (exact) mass is 221 g/mol. The smallest absolute Gasteiger partial charge is 0.150 e. The molecule has 3 heteroatoms. The molecule has 1 aromatic carbocycles. The Bertz CT molecular complexity index is 336. The maximum atomic E-state index is 11.6. The van der Waals surface area contributed by atoms with Crippen LogP contribution < -0.4 is 10.1 Å². The summed E-state index contributed by atoms with van der Waals surface area (Å²) in [5, 5.41) is 3.10. The van der Waals surface area contributed by atoms with Crippen LogP contribution in [0.15, 0.2) is 24.3 Å². The largest absolute Gasteiger partial charge is 0.497 e. The Kier molecular flexibility index (Phi) is 5.57. The summed E-state index contributed by atoms with van der Waals surface area (Å²) in [4.78, 5) is 11.6. The second-order valence-corrected chi connectivity index (χ2v) is 3.74. The van der Waals surface area contributed by atoms with Crippen LogP contribution in [0.2, 0.25) is 0 Å². The molecule has 0 aliphatic heterocycles. The Labute approximate surface area is 96.8 Å². The van der Waals surface area contributed by atoms with Crippen molar-refractivity contribution in [1.82, 2.24) is 5.32 Å². The lowest BCUT2D eigenvalue weighted by molar-refractivity contribution is -0.117. The molecule has 0 fully saturated rings. The van der Waals surface area contributed by atoms with E-state index in [1.807, 2.05) is 24.3 Å². The van der Waals surface area contributed by atoms with Crippen LogP contribution in [0.5, 0.6) is 5.75 Å². The van der Waals surface area contributed by atoms with Crippen molar-refractivity contribution >= 4 is 5.78 Å². The van der Waals surface area contributed by atoms with E-state index in [-0.39, 0.29) is 5.78 Å². The molecule has 88 valence electrons. The molecule has 0 spiro atoms. The number of methoxy groups -OCH3 is 1. The number of ether oxygens (including phenoxy) is 1. The van der Waals surface area contributed by atoms with E-state index in [0.29, 0.717) is 13.0 Å². The Balaban J connectivity index is 2.43. The number of nitrogens with one attached hydrogen (secondary N) is 1. The molecule has 0 unspecified atom stereocenters. The summed E-state index contributed by atoms with van der Waals surface area (Å²) in [5.74, 6) is 1.01. The molecule has 16 heavy (non-hydrogen) atoms. The van der Waals surface area contributed by atoms with E-state index < -0.39 is 0 Å². The Morgan fingerprint density at radius 1 is 1.44 bits per heavy atom. The topological polar surface area (TPSA) is 38.3 Å². The third kappa shape index (κ3) is 4.45. The lowest BCUT2D eigenvalue weighted by Gasteiger charge is -2.04. The number of benzene rings is 1. The van der Waals surface area contributed by atoms with Gasteiger partial charge in [0.25, 0.3) is 0 Å². The van der Waals surface area contributed by atoms with Crippen molar-refractivity contribution in [2.75, 3.05) is 20.2 Å². The number of Topliss-reactive ketones (excluding diaryl/α,β-unsaturated/α-hetero) is 1. The minimum Gasteiger partial charge on any atom is -0.497 e. The summed E-state index contributed by atoms with van der Waals surface area (Å²) in [6.45, 7) is 3.43. The van der Waals surface area contributed by atoms with Gasteiger partial charge < -0.3 is 10.1 Å². The second-order valence-electron chi connectivity index (χ2n) is 3.74. The van der Waals surface area contributed by atoms with Gasteiger partial charge in [-0.2, -0.15) is 0 Å². The van der Waals surface area contributed by atoms with Crippen molar-refractivity contribution in [3.63, 3.8) is 0 Å². The summed E-state index contributed by atoms with van der Waals surface area (Å²) in [7, 11) is 1.63. The van der Waals surface area contributed by atoms with Crippen molar-refractivity contribution < 1.29 is 9.53 Å². The quantitative estimate of drug-likeness (QED) is 0.714. The van der Waals surface area contributed by atoms with Crippen LogP contribution in [-0.2, 0) is 11.2 Å². The van der Waals surface area contributed by atoms with E-state index in [2.05, 4.69) is 12.2 Å². The highest BCUT2D eigenvalue weighted by molar-refractivity contribution is 5.82. The van der Waals surface area contributed by atoms with Gasteiger partial charge >= 0.3 is 0 Å². The molecule has 0 bridgehead atoms. The van der Waals surface area contributed by atoms with Gasteiger partial charge in [-0.15, -0.1) is 0 Å². The van der Waals surface area contributed by atoms with Crippen molar-refractivity contribution in [2.24, 2.45) is 0 Å². The summed E-state index contributed by atoms with van der Waals surface area (Å²) in [6, 6.07) is 7.63. The lowest BCUT2D eigenvalue weighted by Crippen LogP contribution is -2.24. The van der Waals surface area contributed by atoms with E-state index in [0.717, 1.165) is 24.3 Å². The molecule has 0 radical (unpaired) electrons. The molecule has 0 saturated carbocycles. The fourth-order valence-electron chi connectivity index (χ4n) is 1.48. The minimum atomic E-state index is 0.210. The summed E-state index contributed by atoms with van der Waals surface area (Å²) < 4.78 is 5.11. The Morgan fingerprint density at radius 2 is 2.25 bits per heavy atom. The zero-order valence-corrected chi connectivity index (χ0v) is 9.95. The predicted octanol–water partition coefficient (Wildman–Crippen LogP) is 1.81. The maximum absolute atomic E-state index is 11.6. The van der Waals surface area contributed by atoms with E-state index >= 15 is 0 Å². The van der Waals surface area contributed by atoms with Gasteiger partial charge in [-0.05, 0) is 30.7 Å². The Hall–Kier alpha value is -1.35. The standard InChI is InChI=1S/C13H19NO2/c1-3-7-14-10-12(15)8-11-5-4-6-13(9-11)16-2/h4-6,9,14H,3,7-8,10H2,1-2H3. The summed E-state index contributed by atoms with van der Waals surface area (Å²) in [6.07, 6.45) is 1.51. The number of rotatable bonds is 7. The molecule has 0 aromatic heterocycles. The summed E-state index contributed by atoms with van der Waals surface area (Å²) in [5.41, 5.74) is 1.00. The van der Waals surface area contributed by atoms with Crippen LogP contribution in [0.4, 0.5) is 0 Å². The van der Waals surface area contributed by atoms with Gasteiger partial charge in [-0.25, -0.2) is 0 Å². The van der Waals surface area contributed by atoms with Crippen LogP contribution >= 0.6 is 0 Å². The summed E-state index contributed by atoms with van der Waals surface area (Å²) >= 11 is 0. The zero-order chi connectivity index (χ0) is 11.8. The fraction of sp³-hybridized carbons (Fsp3) is 0.462. The highest BCUT2D eigenvalue weighted by Crippen LogP contribution is 2.12. The average Bonchev–Trinajstić information content (AvgIpc) is 2.29. The number of carbonyl (C=O) groups is 1. The first-order valence-electron chi connectivity index (χ1n) is 5.61. The first kappa shape index (κ1) is 12.7. The first-order valence-corrected chi connectivity index (χ1v) is 5.61. The van der Waals surface area contributed by atoms with Crippen LogP contribution in [-0.4, -0.2) is 26.0 Å². The lowest BCUT2D eigenvalue weighted by atomic mass is 10.1. The first-order chi connectivity index (χ1) is 7.76. The van der Waals surface area contributed by atoms with Crippen LogP contribution in [0.25, 0.3) is 0 Å². The van der Waals surface area contributed by atoms with Gasteiger partial charge in [0.2, 0.25) is 0 Å². The minimum absolute atomic E-state index is 0.210. The molecule has 3 nitrogen and oxygen atoms in total. The van der Waals surface area contributed by atoms with Crippen LogP contribution in [0, 0.1) is 0 Å². The molecular formula is C13H19NO2. The molecule has 0 aliphatic rings. The van der Waals surface area contributed by atoms with Crippen LogP contribution in [0.1, 0.15) is 18.9 Å². The SMILES string of the molecule is CCCNCC(=O)Cc1cccc(OC)c1. The fourth-order valence-corrected chi connectivity index (χ4v) is 1.48. The second kappa shape index (κ2) is 7.01. The third-order valence-electron chi connectivity index (χ3n) is 2.28. The van der Waals surface area contributed by atoms with E-state index in [9.17, 15) is 4.79 Å². The molecular weight excluding hydrogens is 202 g/mol. The molecule has 0 aliphatic carbocycles. The molecule has 1 aromatic rings. The van der Waals surface area contributed by atoms with E-state index in [1.165, 1.54) is 0 Å². The molecule has 0 saturated heterocycles. The third-order valence-corrected chi connectivity index (χ3v) is 2.28. The van der Waals surface area contributed by atoms with Gasteiger partial charge in [0.05, 0.1) is 13.7 Å². The molecule has 0 heterocycles. The zero-order valence-electron chi connectivity index (χ0n) is 9.95. The normalized spacial score (nSPS) is 10.1. The molecule has 0 amide bonds. The van der Waals surface area contributed by atoms with Gasteiger partial charge in [-0.1, -0.05) is 19.1 Å². The highest BCUT2D eigenvalue weighted by Gasteiger charge is 2.03. The molecule has 1 rings (SSSR count). The highest BCUT2D eigenvalue weighted by atomic mass is 16.5. The predicted molar refractivity (Wildman–Crippen MR) is 64.9 cm³/mol. The molecule has 0 atom stereocenters.